The van der Waals surface area contributed by atoms with Gasteiger partial charge in [-0.2, -0.15) is 0 Å². The molecular weight excluding hydrogens is 476 g/mol. The summed E-state index contributed by atoms with van der Waals surface area (Å²) in [4.78, 5) is 54.7. The van der Waals surface area contributed by atoms with E-state index in [0.717, 1.165) is 43.9 Å². The van der Waals surface area contributed by atoms with Gasteiger partial charge in [0.25, 0.3) is 0 Å². The summed E-state index contributed by atoms with van der Waals surface area (Å²) in [5, 5.41) is 11.7. The number of imidazole rings is 1. The molecule has 3 fully saturated rings. The van der Waals surface area contributed by atoms with Crippen molar-refractivity contribution in [3.8, 4) is 0 Å². The monoisotopic (exact) mass is 512 g/mol. The number of piperidine rings is 1. The van der Waals surface area contributed by atoms with Crippen molar-refractivity contribution in [2.24, 2.45) is 17.9 Å². The normalized spacial score (nSPS) is 22.8. The third-order valence-electron chi connectivity index (χ3n) is 8.71. The minimum Gasteiger partial charge on any atom is -0.465 e. The topological polar surface area (TPSA) is 120 Å². The van der Waals surface area contributed by atoms with Crippen LogP contribution in [0, 0.1) is 10.8 Å². The maximum Gasteiger partial charge on any atom is 0.407 e. The Morgan fingerprint density at radius 3 is 2.35 bits per heavy atom. The Hall–Kier alpha value is -3.34. The van der Waals surface area contributed by atoms with Gasteiger partial charge < -0.3 is 14.9 Å². The first-order valence-electron chi connectivity index (χ1n) is 12.9. The molecule has 0 spiro atoms. The molecule has 5 rings (SSSR count). The highest BCUT2D eigenvalue weighted by atomic mass is 16.4. The van der Waals surface area contributed by atoms with Crippen LogP contribution in [0.15, 0.2) is 23.0 Å². The molecule has 0 radical (unpaired) electrons. The molecule has 1 atom stereocenters. The summed E-state index contributed by atoms with van der Waals surface area (Å²) in [5.41, 5.74) is 2.14. The Morgan fingerprint density at radius 1 is 1.08 bits per heavy atom. The third-order valence-corrected chi connectivity index (χ3v) is 8.71. The molecule has 1 aromatic heterocycles. The number of carbonyl (C=O) groups excluding carboxylic acids is 2. The lowest BCUT2D eigenvalue weighted by Gasteiger charge is -2.58. The number of benzene rings is 1. The van der Waals surface area contributed by atoms with Crippen molar-refractivity contribution in [1.29, 1.82) is 0 Å². The SMILES string of the molecule is Cn1c(=O)n(C2CCC(=O)NC2=O)c2ccc(N3CCN(CC4(C(C)(C)C)CN(C(=O)O)C4)CC3)cc21. The number of hydrogen-bond donors (Lipinski definition) is 2. The molecule has 2 N–H and O–H groups in total. The number of nitrogens with zero attached hydrogens (tertiary/aromatic N) is 5. The number of aryl methyl sites for hydroxylation is 1. The molecule has 3 saturated heterocycles. The van der Waals surface area contributed by atoms with E-state index in [1.807, 2.05) is 18.2 Å². The van der Waals surface area contributed by atoms with Gasteiger partial charge in [0, 0.05) is 70.4 Å². The number of amides is 3. The first-order chi connectivity index (χ1) is 17.4. The Bertz CT molecular complexity index is 1310. The van der Waals surface area contributed by atoms with Crippen molar-refractivity contribution in [1.82, 2.24) is 24.3 Å². The van der Waals surface area contributed by atoms with Crippen LogP contribution in [-0.2, 0) is 16.6 Å². The van der Waals surface area contributed by atoms with Gasteiger partial charge >= 0.3 is 11.8 Å². The summed E-state index contributed by atoms with van der Waals surface area (Å²) >= 11 is 0. The van der Waals surface area contributed by atoms with Gasteiger partial charge in [0.05, 0.1) is 11.0 Å². The van der Waals surface area contributed by atoms with Crippen LogP contribution in [0.25, 0.3) is 11.0 Å². The van der Waals surface area contributed by atoms with Crippen LogP contribution in [0.2, 0.25) is 0 Å². The van der Waals surface area contributed by atoms with Gasteiger partial charge in [-0.05, 0) is 30.0 Å². The van der Waals surface area contributed by atoms with E-state index in [-0.39, 0.29) is 28.8 Å². The quantitative estimate of drug-likeness (QED) is 0.595. The number of aromatic nitrogens is 2. The average molecular weight is 513 g/mol. The minimum atomic E-state index is -0.846. The Kier molecular flexibility index (Phi) is 6.09. The Labute approximate surface area is 215 Å². The van der Waals surface area contributed by atoms with Crippen LogP contribution in [0.1, 0.15) is 39.7 Å². The second-order valence-electron chi connectivity index (χ2n) is 11.8. The number of anilines is 1. The summed E-state index contributed by atoms with van der Waals surface area (Å²) in [6.45, 7) is 12.0. The fourth-order valence-corrected chi connectivity index (χ4v) is 6.00. The molecular formula is C26H36N6O5. The molecule has 0 bridgehead atoms. The molecule has 37 heavy (non-hydrogen) atoms. The lowest BCUT2D eigenvalue weighted by Crippen LogP contribution is -2.68. The van der Waals surface area contributed by atoms with Crippen LogP contribution in [0.5, 0.6) is 0 Å². The number of hydrogen-bond acceptors (Lipinski definition) is 6. The highest BCUT2D eigenvalue weighted by Gasteiger charge is 2.53. The van der Waals surface area contributed by atoms with E-state index in [1.54, 1.807) is 11.6 Å². The highest BCUT2D eigenvalue weighted by Crippen LogP contribution is 2.47. The zero-order valence-electron chi connectivity index (χ0n) is 22.0. The molecule has 3 aliphatic rings. The second-order valence-corrected chi connectivity index (χ2v) is 11.8. The molecule has 0 saturated carbocycles. The molecule has 1 unspecified atom stereocenters. The van der Waals surface area contributed by atoms with Crippen LogP contribution >= 0.6 is 0 Å². The van der Waals surface area contributed by atoms with Gasteiger partial charge in [0.1, 0.15) is 6.04 Å². The summed E-state index contributed by atoms with van der Waals surface area (Å²) in [6.07, 6.45) is -0.318. The zero-order valence-corrected chi connectivity index (χ0v) is 22.0. The van der Waals surface area contributed by atoms with E-state index in [2.05, 4.69) is 35.9 Å². The van der Waals surface area contributed by atoms with Gasteiger partial charge in [-0.15, -0.1) is 0 Å². The highest BCUT2D eigenvalue weighted by molar-refractivity contribution is 6.00. The Morgan fingerprint density at radius 2 is 1.76 bits per heavy atom. The summed E-state index contributed by atoms with van der Waals surface area (Å²) in [5.74, 6) is -0.738. The van der Waals surface area contributed by atoms with Gasteiger partial charge in [0.2, 0.25) is 11.8 Å². The van der Waals surface area contributed by atoms with E-state index in [1.165, 1.54) is 9.47 Å². The van der Waals surface area contributed by atoms with Crippen molar-refractivity contribution < 1.29 is 19.5 Å². The largest absolute Gasteiger partial charge is 0.465 e. The second kappa shape index (κ2) is 8.90. The molecule has 3 amide bonds. The van der Waals surface area contributed by atoms with Gasteiger partial charge in [-0.25, -0.2) is 9.59 Å². The van der Waals surface area contributed by atoms with Crippen molar-refractivity contribution in [2.45, 2.75) is 39.7 Å². The molecule has 0 aliphatic carbocycles. The van der Waals surface area contributed by atoms with Crippen molar-refractivity contribution in [3.63, 3.8) is 0 Å². The maximum absolute atomic E-state index is 13.1. The predicted molar refractivity (Wildman–Crippen MR) is 139 cm³/mol. The van der Waals surface area contributed by atoms with Crippen LogP contribution in [-0.4, -0.2) is 87.8 Å². The number of carboxylic acid groups (broad SMARTS) is 1. The molecule has 2 aromatic rings. The van der Waals surface area contributed by atoms with Gasteiger partial charge in [0.15, 0.2) is 0 Å². The van der Waals surface area contributed by atoms with Gasteiger partial charge in [-0.3, -0.25) is 28.9 Å². The van der Waals surface area contributed by atoms with E-state index >= 15 is 0 Å². The summed E-state index contributed by atoms with van der Waals surface area (Å²) in [7, 11) is 1.71. The number of rotatable bonds is 4. The molecule has 11 heteroatoms. The number of likely N-dealkylation sites (tertiary alicyclic amines) is 1. The molecule has 1 aromatic carbocycles. The fraction of sp³-hybridized carbons (Fsp3) is 0.615. The van der Waals surface area contributed by atoms with E-state index in [4.69, 9.17) is 0 Å². The molecule has 200 valence electrons. The van der Waals surface area contributed by atoms with Crippen molar-refractivity contribution >= 4 is 34.6 Å². The summed E-state index contributed by atoms with van der Waals surface area (Å²) < 4.78 is 3.07. The van der Waals surface area contributed by atoms with Crippen LogP contribution in [0.3, 0.4) is 0 Å². The predicted octanol–water partition coefficient (Wildman–Crippen LogP) is 1.47. The molecule has 11 nitrogen and oxygen atoms in total. The fourth-order valence-electron chi connectivity index (χ4n) is 6.00. The first kappa shape index (κ1) is 25.3. The van der Waals surface area contributed by atoms with E-state index in [0.29, 0.717) is 25.0 Å². The minimum absolute atomic E-state index is 0.00158. The van der Waals surface area contributed by atoms with E-state index in [9.17, 15) is 24.3 Å². The lowest BCUT2D eigenvalue weighted by atomic mass is 9.61. The lowest BCUT2D eigenvalue weighted by molar-refractivity contribution is -0.135. The standard InChI is InChI=1S/C26H36N6O5/c1-25(2,3)26(15-31(16-26)24(36)37)14-29-9-11-30(12-10-29)17-5-6-18-20(13-17)28(4)23(35)32(18)19-7-8-21(33)27-22(19)34/h5-6,13,19H,7-12,14-16H2,1-4H3,(H,36,37)(H,27,33,34). The molecule has 4 heterocycles. The summed E-state index contributed by atoms with van der Waals surface area (Å²) in [6, 6.07) is 5.20. The average Bonchev–Trinajstić information content (AvgIpc) is 3.05. The first-order valence-corrected chi connectivity index (χ1v) is 12.9. The smallest absolute Gasteiger partial charge is 0.407 e. The number of imide groups is 1. The molecule has 3 aliphatic heterocycles. The Balaban J connectivity index is 1.30. The van der Waals surface area contributed by atoms with Gasteiger partial charge in [-0.1, -0.05) is 20.8 Å². The number of fused-ring (bicyclic) bond motifs is 1. The zero-order chi connectivity index (χ0) is 26.7. The van der Waals surface area contributed by atoms with Crippen LogP contribution in [0.4, 0.5) is 10.5 Å². The van der Waals surface area contributed by atoms with Crippen LogP contribution < -0.4 is 15.9 Å². The van der Waals surface area contributed by atoms with Crippen molar-refractivity contribution in [2.75, 3.05) is 50.7 Å². The van der Waals surface area contributed by atoms with E-state index < -0.39 is 18.0 Å². The maximum atomic E-state index is 13.1. The third kappa shape index (κ3) is 4.28. The van der Waals surface area contributed by atoms with Crippen molar-refractivity contribution in [3.05, 3.63) is 28.7 Å². The number of carbonyl (C=O) groups is 3. The number of piperazine rings is 1. The number of nitrogens with one attached hydrogen (secondary N) is 1.